The Kier molecular flexibility index (Phi) is 2.19. The van der Waals surface area contributed by atoms with E-state index < -0.39 is 0 Å². The van der Waals surface area contributed by atoms with Gasteiger partial charge in [0.25, 0.3) is 0 Å². The molecule has 0 radical (unpaired) electrons. The molecule has 1 aliphatic heterocycles. The van der Waals surface area contributed by atoms with E-state index in [0.717, 1.165) is 17.3 Å². The highest BCUT2D eigenvalue weighted by Gasteiger charge is 2.32. The molecule has 2 rings (SSSR count). The van der Waals surface area contributed by atoms with E-state index in [1.54, 1.807) is 0 Å². The number of rotatable bonds is 1. The fourth-order valence-electron chi connectivity index (χ4n) is 1.68. The van der Waals surface area contributed by atoms with Crippen molar-refractivity contribution in [3.05, 3.63) is 30.3 Å². The standard InChI is InChI=1S/C11H14N2S/c1-11(2)8-13(10(14)12-11)9-6-4-3-5-7-9/h3-7H,8H2,1-2H3,(H,12,14). The molecule has 1 heterocycles. The number of hydrogen-bond acceptors (Lipinski definition) is 1. The number of benzene rings is 1. The van der Waals surface area contributed by atoms with Crippen molar-refractivity contribution in [2.45, 2.75) is 19.4 Å². The van der Waals surface area contributed by atoms with Gasteiger partial charge in [0, 0.05) is 12.2 Å². The van der Waals surface area contributed by atoms with Crippen molar-refractivity contribution in [3.8, 4) is 0 Å². The number of para-hydroxylation sites is 1. The van der Waals surface area contributed by atoms with Crippen LogP contribution in [0.4, 0.5) is 5.69 Å². The van der Waals surface area contributed by atoms with Crippen LogP contribution in [-0.2, 0) is 0 Å². The Bertz CT molecular complexity index is 346. The fourth-order valence-corrected chi connectivity index (χ4v) is 2.13. The van der Waals surface area contributed by atoms with Crippen LogP contribution in [0.3, 0.4) is 0 Å². The Morgan fingerprint density at radius 3 is 2.43 bits per heavy atom. The summed E-state index contributed by atoms with van der Waals surface area (Å²) in [4.78, 5) is 2.13. The van der Waals surface area contributed by atoms with Crippen LogP contribution in [-0.4, -0.2) is 17.2 Å². The highest BCUT2D eigenvalue weighted by atomic mass is 32.1. The van der Waals surface area contributed by atoms with Crippen molar-refractivity contribution in [1.82, 2.24) is 5.32 Å². The van der Waals surface area contributed by atoms with Crippen molar-refractivity contribution in [2.75, 3.05) is 11.4 Å². The molecule has 2 nitrogen and oxygen atoms in total. The number of thiocarbonyl (C=S) groups is 1. The molecule has 0 aliphatic carbocycles. The average molecular weight is 206 g/mol. The van der Waals surface area contributed by atoms with Crippen LogP contribution >= 0.6 is 12.2 Å². The maximum Gasteiger partial charge on any atom is 0.174 e. The van der Waals surface area contributed by atoms with Crippen LogP contribution in [0.25, 0.3) is 0 Å². The van der Waals surface area contributed by atoms with Crippen LogP contribution in [0.15, 0.2) is 30.3 Å². The second-order valence-electron chi connectivity index (χ2n) is 4.24. The summed E-state index contributed by atoms with van der Waals surface area (Å²) in [6.45, 7) is 5.24. The summed E-state index contributed by atoms with van der Waals surface area (Å²) in [7, 11) is 0. The van der Waals surface area contributed by atoms with Gasteiger partial charge in [0.1, 0.15) is 0 Å². The molecule has 0 amide bonds. The van der Waals surface area contributed by atoms with Crippen molar-refractivity contribution in [1.29, 1.82) is 0 Å². The van der Waals surface area contributed by atoms with Crippen molar-refractivity contribution < 1.29 is 0 Å². The predicted octanol–water partition coefficient (Wildman–Crippen LogP) is 2.16. The maximum absolute atomic E-state index is 5.29. The molecule has 0 spiro atoms. The Balaban J connectivity index is 2.26. The van der Waals surface area contributed by atoms with E-state index in [-0.39, 0.29) is 5.54 Å². The zero-order valence-corrected chi connectivity index (χ0v) is 9.27. The molecular formula is C11H14N2S. The van der Waals surface area contributed by atoms with Crippen LogP contribution in [0.2, 0.25) is 0 Å². The first-order valence-electron chi connectivity index (χ1n) is 4.73. The Hall–Kier alpha value is -1.09. The van der Waals surface area contributed by atoms with Crippen LogP contribution in [0.1, 0.15) is 13.8 Å². The summed E-state index contributed by atoms with van der Waals surface area (Å²) < 4.78 is 0. The molecule has 74 valence electrons. The average Bonchev–Trinajstić information content (AvgIpc) is 2.41. The van der Waals surface area contributed by atoms with Gasteiger partial charge in [-0.1, -0.05) is 18.2 Å². The van der Waals surface area contributed by atoms with Gasteiger partial charge in [0.15, 0.2) is 5.11 Å². The van der Waals surface area contributed by atoms with E-state index in [1.807, 2.05) is 18.2 Å². The monoisotopic (exact) mass is 206 g/mol. The van der Waals surface area contributed by atoms with Gasteiger partial charge >= 0.3 is 0 Å². The molecule has 3 heteroatoms. The predicted molar refractivity (Wildman–Crippen MR) is 63.6 cm³/mol. The van der Waals surface area contributed by atoms with Crippen molar-refractivity contribution in [2.24, 2.45) is 0 Å². The number of hydrogen-bond donors (Lipinski definition) is 1. The van der Waals surface area contributed by atoms with Gasteiger partial charge in [-0.3, -0.25) is 0 Å². The highest BCUT2D eigenvalue weighted by Crippen LogP contribution is 2.22. The van der Waals surface area contributed by atoms with Gasteiger partial charge < -0.3 is 10.2 Å². The third-order valence-corrected chi connectivity index (χ3v) is 2.63. The Morgan fingerprint density at radius 1 is 1.29 bits per heavy atom. The third-order valence-electron chi connectivity index (χ3n) is 2.31. The lowest BCUT2D eigenvalue weighted by Crippen LogP contribution is -2.36. The Labute approximate surface area is 89.9 Å². The second kappa shape index (κ2) is 3.24. The summed E-state index contributed by atoms with van der Waals surface area (Å²) in [6, 6.07) is 10.2. The van der Waals surface area contributed by atoms with E-state index in [9.17, 15) is 0 Å². The molecule has 1 aromatic carbocycles. The summed E-state index contributed by atoms with van der Waals surface area (Å²) in [5.74, 6) is 0. The summed E-state index contributed by atoms with van der Waals surface area (Å²) in [5.41, 5.74) is 1.24. The van der Waals surface area contributed by atoms with Gasteiger partial charge in [-0.05, 0) is 38.2 Å². The minimum Gasteiger partial charge on any atom is -0.356 e. The lowest BCUT2D eigenvalue weighted by atomic mass is 10.1. The molecule has 1 saturated heterocycles. The molecule has 1 fully saturated rings. The fraction of sp³-hybridized carbons (Fsp3) is 0.364. The molecule has 14 heavy (non-hydrogen) atoms. The molecule has 0 saturated carbocycles. The maximum atomic E-state index is 5.29. The minimum absolute atomic E-state index is 0.0763. The summed E-state index contributed by atoms with van der Waals surface area (Å²) in [6.07, 6.45) is 0. The van der Waals surface area contributed by atoms with Gasteiger partial charge in [-0.15, -0.1) is 0 Å². The van der Waals surface area contributed by atoms with Gasteiger partial charge in [0.2, 0.25) is 0 Å². The number of nitrogens with zero attached hydrogens (tertiary/aromatic N) is 1. The first-order valence-corrected chi connectivity index (χ1v) is 5.14. The normalized spacial score (nSPS) is 19.6. The smallest absolute Gasteiger partial charge is 0.174 e. The first-order chi connectivity index (χ1) is 6.58. The molecule has 0 atom stereocenters. The van der Waals surface area contributed by atoms with E-state index in [2.05, 4.69) is 36.2 Å². The van der Waals surface area contributed by atoms with Crippen LogP contribution in [0.5, 0.6) is 0 Å². The zero-order valence-electron chi connectivity index (χ0n) is 8.45. The number of anilines is 1. The molecule has 1 aliphatic rings. The molecule has 1 N–H and O–H groups in total. The first kappa shape index (κ1) is 9.46. The van der Waals surface area contributed by atoms with Gasteiger partial charge in [-0.25, -0.2) is 0 Å². The zero-order chi connectivity index (χ0) is 10.2. The molecular weight excluding hydrogens is 192 g/mol. The molecule has 1 aromatic rings. The topological polar surface area (TPSA) is 15.3 Å². The highest BCUT2D eigenvalue weighted by molar-refractivity contribution is 7.80. The SMILES string of the molecule is CC1(C)CN(c2ccccc2)C(=S)N1. The summed E-state index contributed by atoms with van der Waals surface area (Å²) >= 11 is 5.29. The largest absolute Gasteiger partial charge is 0.356 e. The minimum atomic E-state index is 0.0763. The quantitative estimate of drug-likeness (QED) is 0.709. The molecule has 0 bridgehead atoms. The van der Waals surface area contributed by atoms with Gasteiger partial charge in [0.05, 0.1) is 5.54 Å². The Morgan fingerprint density at radius 2 is 1.93 bits per heavy atom. The van der Waals surface area contributed by atoms with Crippen LogP contribution < -0.4 is 10.2 Å². The summed E-state index contributed by atoms with van der Waals surface area (Å²) in [5, 5.41) is 4.12. The number of nitrogens with one attached hydrogen (secondary N) is 1. The van der Waals surface area contributed by atoms with E-state index in [1.165, 1.54) is 0 Å². The lowest BCUT2D eigenvalue weighted by Gasteiger charge is -2.18. The van der Waals surface area contributed by atoms with E-state index >= 15 is 0 Å². The van der Waals surface area contributed by atoms with E-state index in [0.29, 0.717) is 0 Å². The van der Waals surface area contributed by atoms with Crippen LogP contribution in [0, 0.1) is 0 Å². The lowest BCUT2D eigenvalue weighted by molar-refractivity contribution is 0.516. The van der Waals surface area contributed by atoms with Gasteiger partial charge in [-0.2, -0.15) is 0 Å². The second-order valence-corrected chi connectivity index (χ2v) is 4.62. The van der Waals surface area contributed by atoms with E-state index in [4.69, 9.17) is 12.2 Å². The van der Waals surface area contributed by atoms with Crippen molar-refractivity contribution in [3.63, 3.8) is 0 Å². The molecule has 0 unspecified atom stereocenters. The van der Waals surface area contributed by atoms with Crippen molar-refractivity contribution >= 4 is 23.0 Å². The third kappa shape index (κ3) is 1.73. The molecule has 0 aromatic heterocycles.